The van der Waals surface area contributed by atoms with Crippen molar-refractivity contribution in [1.82, 2.24) is 4.90 Å². The Kier molecular flexibility index (Phi) is 11.4. The second kappa shape index (κ2) is 12.8. The predicted octanol–water partition coefficient (Wildman–Crippen LogP) is 4.45. The molecule has 1 aliphatic heterocycles. The molecule has 1 aliphatic rings. The minimum atomic E-state index is -0.193. The molecule has 0 N–H and O–H groups in total. The van der Waals surface area contributed by atoms with Gasteiger partial charge >= 0.3 is 5.97 Å². The number of amides is 1. The van der Waals surface area contributed by atoms with Gasteiger partial charge in [0.1, 0.15) is 6.10 Å². The molecule has 134 valence electrons. The van der Waals surface area contributed by atoms with E-state index < -0.39 is 0 Å². The van der Waals surface area contributed by atoms with Crippen molar-refractivity contribution in [3.05, 3.63) is 0 Å². The normalized spacial score (nSPS) is 16.4. The van der Waals surface area contributed by atoms with Gasteiger partial charge in [0.05, 0.1) is 0 Å². The molecule has 1 unspecified atom stereocenters. The van der Waals surface area contributed by atoms with Crippen LogP contribution in [0.4, 0.5) is 0 Å². The Bertz CT molecular complexity index is 349. The van der Waals surface area contributed by atoms with Gasteiger partial charge in [0.2, 0.25) is 5.91 Å². The maximum Gasteiger partial charge on any atom is 0.302 e. The van der Waals surface area contributed by atoms with Gasteiger partial charge in [-0.25, -0.2) is 0 Å². The van der Waals surface area contributed by atoms with Gasteiger partial charge in [-0.3, -0.25) is 9.59 Å². The van der Waals surface area contributed by atoms with E-state index in [0.29, 0.717) is 5.91 Å². The molecule has 1 saturated heterocycles. The summed E-state index contributed by atoms with van der Waals surface area (Å²) in [6, 6.07) is 0. The summed E-state index contributed by atoms with van der Waals surface area (Å²) >= 11 is 3.39. The van der Waals surface area contributed by atoms with Crippen molar-refractivity contribution < 1.29 is 14.3 Å². The van der Waals surface area contributed by atoms with E-state index in [1.165, 1.54) is 45.4 Å². The Morgan fingerprint density at radius 1 is 1.13 bits per heavy atom. The van der Waals surface area contributed by atoms with E-state index in [2.05, 4.69) is 15.9 Å². The molecular weight excluding hydrogens is 358 g/mol. The van der Waals surface area contributed by atoms with Crippen LogP contribution >= 0.6 is 15.9 Å². The lowest BCUT2D eigenvalue weighted by Crippen LogP contribution is -2.35. The molecule has 0 aliphatic carbocycles. The topological polar surface area (TPSA) is 46.6 Å². The Hall–Kier alpha value is -0.580. The molecule has 1 heterocycles. The molecule has 1 atom stereocenters. The van der Waals surface area contributed by atoms with Gasteiger partial charge < -0.3 is 9.64 Å². The van der Waals surface area contributed by atoms with E-state index in [9.17, 15) is 9.59 Å². The number of carbonyl (C=O) groups excluding carboxylic acids is 2. The molecule has 5 heteroatoms. The Morgan fingerprint density at radius 2 is 1.78 bits per heavy atom. The summed E-state index contributed by atoms with van der Waals surface area (Å²) in [4.78, 5) is 24.6. The number of carbonyl (C=O) groups is 2. The lowest BCUT2D eigenvalue weighted by molar-refractivity contribution is -0.145. The number of alkyl halides is 1. The Balaban J connectivity index is 1.89. The van der Waals surface area contributed by atoms with Crippen LogP contribution in [0.2, 0.25) is 0 Å². The molecule has 0 spiro atoms. The zero-order chi connectivity index (χ0) is 16.9. The van der Waals surface area contributed by atoms with E-state index in [4.69, 9.17) is 4.74 Å². The quantitative estimate of drug-likeness (QED) is 0.281. The van der Waals surface area contributed by atoms with Crippen molar-refractivity contribution in [2.45, 2.75) is 83.7 Å². The SMILES string of the molecule is CC(=O)OC(CBr)CCCCCCCCCN1CCCCC1=O. The van der Waals surface area contributed by atoms with Crippen molar-refractivity contribution in [1.29, 1.82) is 0 Å². The summed E-state index contributed by atoms with van der Waals surface area (Å²) < 4.78 is 5.21. The number of unbranched alkanes of at least 4 members (excludes halogenated alkanes) is 6. The number of ether oxygens (including phenoxy) is 1. The minimum Gasteiger partial charge on any atom is -0.462 e. The summed E-state index contributed by atoms with van der Waals surface area (Å²) in [5.74, 6) is 0.159. The van der Waals surface area contributed by atoms with Crippen LogP contribution in [0.1, 0.15) is 77.6 Å². The summed E-state index contributed by atoms with van der Waals surface area (Å²) in [5, 5.41) is 0.724. The fourth-order valence-electron chi connectivity index (χ4n) is 3.06. The average Bonchev–Trinajstić information content (AvgIpc) is 2.53. The zero-order valence-corrected chi connectivity index (χ0v) is 16.1. The highest BCUT2D eigenvalue weighted by Gasteiger charge is 2.16. The Labute approximate surface area is 149 Å². The van der Waals surface area contributed by atoms with E-state index in [0.717, 1.165) is 50.5 Å². The first-order valence-corrected chi connectivity index (χ1v) is 10.3. The molecule has 0 aromatic carbocycles. The van der Waals surface area contributed by atoms with Crippen LogP contribution in [-0.4, -0.2) is 41.3 Å². The largest absolute Gasteiger partial charge is 0.462 e. The first-order chi connectivity index (χ1) is 11.1. The van der Waals surface area contributed by atoms with Gasteiger partial charge in [0, 0.05) is 31.8 Å². The first kappa shape index (κ1) is 20.5. The van der Waals surface area contributed by atoms with E-state index in [1.54, 1.807) is 0 Å². The summed E-state index contributed by atoms with van der Waals surface area (Å²) in [6.45, 7) is 3.39. The number of halogens is 1. The molecular formula is C18H32BrNO3. The highest BCUT2D eigenvalue weighted by atomic mass is 79.9. The molecule has 0 radical (unpaired) electrons. The minimum absolute atomic E-state index is 0.0228. The predicted molar refractivity (Wildman–Crippen MR) is 96.7 cm³/mol. The van der Waals surface area contributed by atoms with Crippen molar-refractivity contribution >= 4 is 27.8 Å². The van der Waals surface area contributed by atoms with Gasteiger partial charge in [-0.05, 0) is 32.1 Å². The molecule has 0 aromatic heterocycles. The average molecular weight is 390 g/mol. The fourth-order valence-corrected chi connectivity index (χ4v) is 3.51. The number of rotatable bonds is 12. The van der Waals surface area contributed by atoms with Gasteiger partial charge in [0.25, 0.3) is 0 Å². The Morgan fingerprint density at radius 3 is 2.39 bits per heavy atom. The number of likely N-dealkylation sites (tertiary alicyclic amines) is 1. The molecule has 23 heavy (non-hydrogen) atoms. The van der Waals surface area contributed by atoms with Crippen molar-refractivity contribution in [2.75, 3.05) is 18.4 Å². The zero-order valence-electron chi connectivity index (χ0n) is 14.5. The maximum absolute atomic E-state index is 11.7. The highest BCUT2D eigenvalue weighted by molar-refractivity contribution is 9.09. The van der Waals surface area contributed by atoms with Gasteiger partial charge in [-0.15, -0.1) is 0 Å². The third-order valence-corrected chi connectivity index (χ3v) is 5.10. The molecule has 1 fully saturated rings. The smallest absolute Gasteiger partial charge is 0.302 e. The molecule has 4 nitrogen and oxygen atoms in total. The standard InChI is InChI=1S/C18H32BrNO3/c1-16(21)23-17(15-19)11-7-5-3-2-4-6-9-13-20-14-10-8-12-18(20)22/h17H,2-15H2,1H3. The summed E-state index contributed by atoms with van der Waals surface area (Å²) in [6.07, 6.45) is 12.4. The summed E-state index contributed by atoms with van der Waals surface area (Å²) in [7, 11) is 0. The second-order valence-corrected chi connectivity index (χ2v) is 7.13. The molecule has 0 saturated carbocycles. The second-order valence-electron chi connectivity index (χ2n) is 6.49. The van der Waals surface area contributed by atoms with E-state index >= 15 is 0 Å². The van der Waals surface area contributed by atoms with E-state index in [-0.39, 0.29) is 12.1 Å². The van der Waals surface area contributed by atoms with Crippen LogP contribution in [0.25, 0.3) is 0 Å². The van der Waals surface area contributed by atoms with Crippen molar-refractivity contribution in [2.24, 2.45) is 0 Å². The number of nitrogens with zero attached hydrogens (tertiary/aromatic N) is 1. The molecule has 0 aromatic rings. The fraction of sp³-hybridized carbons (Fsp3) is 0.889. The number of piperidine rings is 1. The maximum atomic E-state index is 11.7. The van der Waals surface area contributed by atoms with Crippen molar-refractivity contribution in [3.63, 3.8) is 0 Å². The first-order valence-electron chi connectivity index (χ1n) is 9.14. The lowest BCUT2D eigenvalue weighted by Gasteiger charge is -2.26. The van der Waals surface area contributed by atoms with Crippen LogP contribution in [0.15, 0.2) is 0 Å². The van der Waals surface area contributed by atoms with Gasteiger partial charge in [-0.1, -0.05) is 48.0 Å². The van der Waals surface area contributed by atoms with Crippen LogP contribution in [-0.2, 0) is 14.3 Å². The van der Waals surface area contributed by atoms with E-state index in [1.807, 2.05) is 4.90 Å². The number of hydrogen-bond acceptors (Lipinski definition) is 3. The molecule has 1 amide bonds. The monoisotopic (exact) mass is 389 g/mol. The molecule has 0 bridgehead atoms. The van der Waals surface area contributed by atoms with Gasteiger partial charge in [0.15, 0.2) is 0 Å². The third kappa shape index (κ3) is 10.0. The lowest BCUT2D eigenvalue weighted by atomic mass is 10.1. The number of hydrogen-bond donors (Lipinski definition) is 0. The highest BCUT2D eigenvalue weighted by Crippen LogP contribution is 2.14. The number of esters is 1. The molecule has 1 rings (SSSR count). The van der Waals surface area contributed by atoms with Gasteiger partial charge in [-0.2, -0.15) is 0 Å². The summed E-state index contributed by atoms with van der Waals surface area (Å²) in [5.41, 5.74) is 0. The van der Waals surface area contributed by atoms with Crippen LogP contribution in [0.3, 0.4) is 0 Å². The third-order valence-electron chi connectivity index (χ3n) is 4.38. The van der Waals surface area contributed by atoms with Crippen LogP contribution in [0, 0.1) is 0 Å². The van der Waals surface area contributed by atoms with Crippen molar-refractivity contribution in [3.8, 4) is 0 Å². The van der Waals surface area contributed by atoms with Crippen LogP contribution in [0.5, 0.6) is 0 Å². The van der Waals surface area contributed by atoms with Crippen LogP contribution < -0.4 is 0 Å².